The van der Waals surface area contributed by atoms with Crippen molar-refractivity contribution in [2.24, 2.45) is 0 Å². The lowest BCUT2D eigenvalue weighted by molar-refractivity contribution is -0.128. The van der Waals surface area contributed by atoms with E-state index >= 15 is 0 Å². The number of nitrogens with one attached hydrogen (secondary N) is 1. The Bertz CT molecular complexity index is 664. The summed E-state index contributed by atoms with van der Waals surface area (Å²) < 4.78 is 12.3. The molecule has 2 rings (SSSR count). The number of aromatic nitrogens is 2. The zero-order chi connectivity index (χ0) is 16.4. The number of hydrogen-bond donors (Lipinski definition) is 2. The van der Waals surface area contributed by atoms with Crippen LogP contribution in [0.15, 0.2) is 15.8 Å². The molecule has 1 fully saturated rings. The highest BCUT2D eigenvalue weighted by Crippen LogP contribution is 2.32. The maximum absolute atomic E-state index is 12.0. The summed E-state index contributed by atoms with van der Waals surface area (Å²) in [5, 5.41) is 10.3. The minimum absolute atomic E-state index is 0.185. The molecule has 0 amide bonds. The number of aryl methyl sites for hydroxylation is 1. The van der Waals surface area contributed by atoms with Gasteiger partial charge in [0.05, 0.1) is 6.10 Å². The Kier molecular flexibility index (Phi) is 4.94. The first kappa shape index (κ1) is 16.6. The van der Waals surface area contributed by atoms with Crippen molar-refractivity contribution in [3.05, 3.63) is 32.6 Å². The molecule has 122 valence electrons. The maximum atomic E-state index is 12.0. The third-order valence-corrected chi connectivity index (χ3v) is 3.61. The molecule has 8 nitrogen and oxygen atoms in total. The number of ether oxygens (including phenoxy) is 2. The standard InChI is InChI=1S/C14H20N2O6/c1-4-9-10(18)11(21-6-8(3)17)13(22-9)16-5-7(2)12(19)15-14(16)20/h5,9-11,13,18H,4,6H2,1-3H3,(H,15,19,20)/t9-,10?,11+,13-/m1/s1. The summed E-state index contributed by atoms with van der Waals surface area (Å²) >= 11 is 0. The molecule has 2 heterocycles. The first-order valence-corrected chi connectivity index (χ1v) is 7.11. The van der Waals surface area contributed by atoms with Gasteiger partial charge in [-0.05, 0) is 20.3 Å². The summed E-state index contributed by atoms with van der Waals surface area (Å²) in [6.07, 6.45) is -1.36. The maximum Gasteiger partial charge on any atom is 0.330 e. The van der Waals surface area contributed by atoms with E-state index in [1.807, 2.05) is 6.92 Å². The molecule has 0 bridgehead atoms. The van der Waals surface area contributed by atoms with Crippen LogP contribution in [-0.2, 0) is 14.3 Å². The first-order valence-electron chi connectivity index (χ1n) is 7.11. The van der Waals surface area contributed by atoms with E-state index in [0.717, 1.165) is 0 Å². The lowest BCUT2D eigenvalue weighted by Crippen LogP contribution is -2.40. The quantitative estimate of drug-likeness (QED) is 0.757. The molecule has 22 heavy (non-hydrogen) atoms. The Morgan fingerprint density at radius 2 is 2.18 bits per heavy atom. The van der Waals surface area contributed by atoms with Crippen molar-refractivity contribution < 1.29 is 19.4 Å². The molecule has 1 saturated heterocycles. The molecule has 0 radical (unpaired) electrons. The summed E-state index contributed by atoms with van der Waals surface area (Å²) in [4.78, 5) is 36.7. The molecule has 1 unspecified atom stereocenters. The van der Waals surface area contributed by atoms with Crippen LogP contribution in [0.5, 0.6) is 0 Å². The van der Waals surface area contributed by atoms with Gasteiger partial charge in [0.25, 0.3) is 5.56 Å². The van der Waals surface area contributed by atoms with Crippen LogP contribution < -0.4 is 11.2 Å². The third-order valence-electron chi connectivity index (χ3n) is 3.61. The Balaban J connectivity index is 2.37. The van der Waals surface area contributed by atoms with E-state index in [0.29, 0.717) is 12.0 Å². The normalized spacial score (nSPS) is 28.0. The number of aromatic amines is 1. The van der Waals surface area contributed by atoms with Crippen LogP contribution in [-0.4, -0.2) is 45.4 Å². The van der Waals surface area contributed by atoms with Gasteiger partial charge in [-0.2, -0.15) is 0 Å². The number of H-pyrrole nitrogens is 1. The second-order valence-electron chi connectivity index (χ2n) is 5.42. The number of rotatable bonds is 5. The van der Waals surface area contributed by atoms with Gasteiger partial charge >= 0.3 is 5.69 Å². The summed E-state index contributed by atoms with van der Waals surface area (Å²) in [5.41, 5.74) is -0.794. The van der Waals surface area contributed by atoms with Gasteiger partial charge in [-0.1, -0.05) is 6.92 Å². The highest BCUT2D eigenvalue weighted by molar-refractivity contribution is 5.76. The van der Waals surface area contributed by atoms with E-state index in [1.54, 1.807) is 6.92 Å². The van der Waals surface area contributed by atoms with Crippen molar-refractivity contribution in [3.8, 4) is 0 Å². The summed E-state index contributed by atoms with van der Waals surface area (Å²) in [7, 11) is 0. The zero-order valence-electron chi connectivity index (χ0n) is 12.7. The first-order chi connectivity index (χ1) is 10.3. The molecule has 1 aromatic heterocycles. The number of Topliss-reactive ketones (excluding diaryl/α,β-unsaturated/α-hetero) is 1. The van der Waals surface area contributed by atoms with Gasteiger partial charge in [-0.3, -0.25) is 19.1 Å². The van der Waals surface area contributed by atoms with E-state index < -0.39 is 35.8 Å². The van der Waals surface area contributed by atoms with Crippen LogP contribution in [0.4, 0.5) is 0 Å². The van der Waals surface area contributed by atoms with Crippen molar-refractivity contribution in [1.29, 1.82) is 0 Å². The molecule has 0 aromatic carbocycles. The number of ketones is 1. The van der Waals surface area contributed by atoms with Gasteiger partial charge in [0.1, 0.15) is 18.8 Å². The van der Waals surface area contributed by atoms with Gasteiger partial charge in [0.2, 0.25) is 0 Å². The lowest BCUT2D eigenvalue weighted by Gasteiger charge is -2.22. The van der Waals surface area contributed by atoms with Crippen molar-refractivity contribution >= 4 is 5.78 Å². The van der Waals surface area contributed by atoms with E-state index in [9.17, 15) is 19.5 Å². The minimum atomic E-state index is -0.964. The fraction of sp³-hybridized carbons (Fsp3) is 0.643. The molecule has 1 aliphatic heterocycles. The molecule has 0 aliphatic carbocycles. The second kappa shape index (κ2) is 6.55. The highest BCUT2D eigenvalue weighted by Gasteiger charge is 2.45. The Morgan fingerprint density at radius 1 is 1.50 bits per heavy atom. The Morgan fingerprint density at radius 3 is 2.77 bits per heavy atom. The fourth-order valence-corrected chi connectivity index (χ4v) is 2.45. The summed E-state index contributed by atoms with van der Waals surface area (Å²) in [5.74, 6) is -0.198. The van der Waals surface area contributed by atoms with Crippen LogP contribution in [0.3, 0.4) is 0 Å². The van der Waals surface area contributed by atoms with Gasteiger partial charge in [0, 0.05) is 11.8 Å². The van der Waals surface area contributed by atoms with Crippen molar-refractivity contribution in [3.63, 3.8) is 0 Å². The average molecular weight is 312 g/mol. The monoisotopic (exact) mass is 312 g/mol. The van der Waals surface area contributed by atoms with E-state index in [1.165, 1.54) is 17.7 Å². The molecule has 1 aliphatic rings. The molecule has 1 aromatic rings. The van der Waals surface area contributed by atoms with Gasteiger partial charge in [0.15, 0.2) is 12.0 Å². The number of carbonyl (C=O) groups excluding carboxylic acids is 1. The Labute approximate surface area is 126 Å². The van der Waals surface area contributed by atoms with E-state index in [-0.39, 0.29) is 12.4 Å². The third kappa shape index (κ3) is 3.18. The number of carbonyl (C=O) groups is 1. The number of aliphatic hydroxyl groups is 1. The fourth-order valence-electron chi connectivity index (χ4n) is 2.45. The van der Waals surface area contributed by atoms with E-state index in [2.05, 4.69) is 4.98 Å². The molecule has 4 atom stereocenters. The average Bonchev–Trinajstić information content (AvgIpc) is 2.76. The largest absolute Gasteiger partial charge is 0.388 e. The molecular weight excluding hydrogens is 292 g/mol. The predicted molar refractivity (Wildman–Crippen MR) is 76.7 cm³/mol. The lowest BCUT2D eigenvalue weighted by atomic mass is 10.1. The number of aliphatic hydroxyl groups excluding tert-OH is 1. The highest BCUT2D eigenvalue weighted by atomic mass is 16.6. The molecular formula is C14H20N2O6. The SMILES string of the molecule is CC[C@H]1O[C@@H](n2cc(C)c(=O)[nH]c2=O)[C@@H](OCC(C)=O)C1O. The second-order valence-corrected chi connectivity index (χ2v) is 5.42. The topological polar surface area (TPSA) is 111 Å². The van der Waals surface area contributed by atoms with Crippen LogP contribution in [0, 0.1) is 6.92 Å². The number of nitrogens with zero attached hydrogens (tertiary/aromatic N) is 1. The van der Waals surface area contributed by atoms with Crippen molar-refractivity contribution in [1.82, 2.24) is 9.55 Å². The van der Waals surface area contributed by atoms with Crippen LogP contribution >= 0.6 is 0 Å². The van der Waals surface area contributed by atoms with E-state index in [4.69, 9.17) is 9.47 Å². The molecule has 0 saturated carbocycles. The molecule has 0 spiro atoms. The van der Waals surface area contributed by atoms with Gasteiger partial charge < -0.3 is 14.6 Å². The van der Waals surface area contributed by atoms with Crippen molar-refractivity contribution in [2.75, 3.05) is 6.61 Å². The van der Waals surface area contributed by atoms with Gasteiger partial charge in [-0.25, -0.2) is 4.79 Å². The van der Waals surface area contributed by atoms with Crippen LogP contribution in [0.2, 0.25) is 0 Å². The van der Waals surface area contributed by atoms with Crippen molar-refractivity contribution in [2.45, 2.75) is 51.7 Å². The summed E-state index contributed by atoms with van der Waals surface area (Å²) in [6, 6.07) is 0. The van der Waals surface area contributed by atoms with Crippen LogP contribution in [0.25, 0.3) is 0 Å². The van der Waals surface area contributed by atoms with Gasteiger partial charge in [-0.15, -0.1) is 0 Å². The molecule has 2 N–H and O–H groups in total. The smallest absolute Gasteiger partial charge is 0.330 e. The Hall–Kier alpha value is -1.77. The minimum Gasteiger partial charge on any atom is -0.388 e. The molecule has 8 heteroatoms. The van der Waals surface area contributed by atoms with Crippen LogP contribution in [0.1, 0.15) is 32.1 Å². The summed E-state index contributed by atoms with van der Waals surface area (Å²) in [6.45, 7) is 4.57. The predicted octanol–water partition coefficient (Wildman–Crippen LogP) is -0.512. The zero-order valence-corrected chi connectivity index (χ0v) is 12.7. The number of hydrogen-bond acceptors (Lipinski definition) is 6.